The van der Waals surface area contributed by atoms with Crippen molar-refractivity contribution in [1.29, 1.82) is 0 Å². The summed E-state index contributed by atoms with van der Waals surface area (Å²) < 4.78 is 14.2. The van der Waals surface area contributed by atoms with E-state index in [0.717, 1.165) is 22.4 Å². The van der Waals surface area contributed by atoms with Crippen molar-refractivity contribution in [2.75, 3.05) is 19.0 Å². The lowest BCUT2D eigenvalue weighted by Crippen LogP contribution is -2.16. The van der Waals surface area contributed by atoms with Crippen LogP contribution in [-0.2, 0) is 0 Å². The van der Waals surface area contributed by atoms with E-state index in [4.69, 9.17) is 5.73 Å². The van der Waals surface area contributed by atoms with Gasteiger partial charge in [0.05, 0.1) is 6.04 Å². The van der Waals surface area contributed by atoms with Crippen molar-refractivity contribution >= 4 is 5.69 Å². The first kappa shape index (κ1) is 14.5. The summed E-state index contributed by atoms with van der Waals surface area (Å²) >= 11 is 0. The number of hydrogen-bond acceptors (Lipinski definition) is 2. The van der Waals surface area contributed by atoms with Crippen molar-refractivity contribution in [3.8, 4) is 0 Å². The van der Waals surface area contributed by atoms with E-state index >= 15 is 0 Å². The molecule has 0 amide bonds. The molecule has 1 unspecified atom stereocenters. The van der Waals surface area contributed by atoms with Crippen molar-refractivity contribution in [2.45, 2.75) is 19.9 Å². The topological polar surface area (TPSA) is 29.3 Å². The molecule has 0 spiro atoms. The average Bonchev–Trinajstić information content (AvgIpc) is 2.37. The molecule has 0 heterocycles. The Hall–Kier alpha value is -1.87. The molecule has 0 aliphatic carbocycles. The number of hydrogen-bond donors (Lipinski definition) is 1. The zero-order valence-corrected chi connectivity index (χ0v) is 12.4. The summed E-state index contributed by atoms with van der Waals surface area (Å²) in [7, 11) is 3.97. The van der Waals surface area contributed by atoms with Gasteiger partial charge in [0.15, 0.2) is 0 Å². The van der Waals surface area contributed by atoms with Gasteiger partial charge in [-0.05, 0) is 48.7 Å². The van der Waals surface area contributed by atoms with Gasteiger partial charge < -0.3 is 10.6 Å². The summed E-state index contributed by atoms with van der Waals surface area (Å²) in [5, 5.41) is 0. The number of benzene rings is 2. The monoisotopic (exact) mass is 272 g/mol. The normalized spacial score (nSPS) is 12.3. The molecule has 2 aromatic rings. The molecule has 0 aromatic heterocycles. The molecule has 2 rings (SSSR count). The van der Waals surface area contributed by atoms with Gasteiger partial charge in [-0.15, -0.1) is 0 Å². The second-order valence-electron chi connectivity index (χ2n) is 5.44. The van der Waals surface area contributed by atoms with E-state index < -0.39 is 6.04 Å². The maximum Gasteiger partial charge on any atom is 0.128 e. The molecule has 0 bridgehead atoms. The van der Waals surface area contributed by atoms with Crippen LogP contribution in [-0.4, -0.2) is 14.1 Å². The molecular weight excluding hydrogens is 251 g/mol. The minimum absolute atomic E-state index is 0.230. The lowest BCUT2D eigenvalue weighted by molar-refractivity contribution is 0.596. The molecule has 3 heteroatoms. The Bertz CT molecular complexity index is 580. The van der Waals surface area contributed by atoms with Crippen molar-refractivity contribution in [2.24, 2.45) is 5.73 Å². The van der Waals surface area contributed by atoms with Crippen LogP contribution in [0.25, 0.3) is 0 Å². The third-order valence-corrected chi connectivity index (χ3v) is 3.56. The fourth-order valence-electron chi connectivity index (χ4n) is 2.47. The van der Waals surface area contributed by atoms with Crippen molar-refractivity contribution in [1.82, 2.24) is 0 Å². The highest BCUT2D eigenvalue weighted by molar-refractivity contribution is 5.48. The number of nitrogens with two attached hydrogens (primary N) is 1. The van der Waals surface area contributed by atoms with Crippen LogP contribution < -0.4 is 10.6 Å². The van der Waals surface area contributed by atoms with Gasteiger partial charge in [-0.3, -0.25) is 0 Å². The Morgan fingerprint density at radius 1 is 1.05 bits per heavy atom. The summed E-state index contributed by atoms with van der Waals surface area (Å²) in [6, 6.07) is 11.0. The summed E-state index contributed by atoms with van der Waals surface area (Å²) in [4.78, 5) is 2.02. The predicted octanol–water partition coefficient (Wildman–Crippen LogP) is 3.56. The van der Waals surface area contributed by atoms with E-state index in [-0.39, 0.29) is 5.82 Å². The van der Waals surface area contributed by atoms with Gasteiger partial charge in [0.1, 0.15) is 5.82 Å². The molecule has 0 saturated heterocycles. The summed E-state index contributed by atoms with van der Waals surface area (Å²) in [5.41, 5.74) is 10.6. The molecule has 0 radical (unpaired) electrons. The SMILES string of the molecule is Cc1cc(C)c(C(N)c2ccc(N(C)C)cc2)c(F)c1. The first-order valence-electron chi connectivity index (χ1n) is 6.69. The van der Waals surface area contributed by atoms with Gasteiger partial charge in [-0.1, -0.05) is 18.2 Å². The van der Waals surface area contributed by atoms with E-state index in [9.17, 15) is 4.39 Å². The number of nitrogens with zero attached hydrogens (tertiary/aromatic N) is 1. The maximum atomic E-state index is 14.2. The molecule has 1 atom stereocenters. The minimum Gasteiger partial charge on any atom is -0.378 e. The number of rotatable bonds is 3. The minimum atomic E-state index is -0.438. The first-order valence-corrected chi connectivity index (χ1v) is 6.69. The molecule has 0 fully saturated rings. The van der Waals surface area contributed by atoms with Gasteiger partial charge >= 0.3 is 0 Å². The molecular formula is C17H21FN2. The smallest absolute Gasteiger partial charge is 0.128 e. The molecule has 0 aliphatic rings. The molecule has 2 nitrogen and oxygen atoms in total. The summed E-state index contributed by atoms with van der Waals surface area (Å²) in [6.45, 7) is 3.79. The number of aryl methyl sites for hydroxylation is 2. The van der Waals surface area contributed by atoms with Gasteiger partial charge in [0, 0.05) is 25.3 Å². The Kier molecular flexibility index (Phi) is 4.09. The lowest BCUT2D eigenvalue weighted by Gasteiger charge is -2.18. The summed E-state index contributed by atoms with van der Waals surface area (Å²) in [5.74, 6) is -0.230. The van der Waals surface area contributed by atoms with Crippen LogP contribution in [0.3, 0.4) is 0 Å². The Morgan fingerprint density at radius 3 is 2.15 bits per heavy atom. The molecule has 20 heavy (non-hydrogen) atoms. The van der Waals surface area contributed by atoms with E-state index in [1.807, 2.05) is 63.2 Å². The van der Waals surface area contributed by atoms with Gasteiger partial charge in [-0.2, -0.15) is 0 Å². The third-order valence-electron chi connectivity index (χ3n) is 3.56. The highest BCUT2D eigenvalue weighted by Gasteiger charge is 2.16. The standard InChI is InChI=1S/C17H21FN2/c1-11-9-12(2)16(15(18)10-11)17(19)13-5-7-14(8-6-13)20(3)4/h5-10,17H,19H2,1-4H3. The molecule has 0 aliphatic heterocycles. The van der Waals surface area contributed by atoms with Crippen molar-refractivity contribution < 1.29 is 4.39 Å². The fourth-order valence-corrected chi connectivity index (χ4v) is 2.47. The van der Waals surface area contributed by atoms with Gasteiger partial charge in [0.25, 0.3) is 0 Å². The highest BCUT2D eigenvalue weighted by atomic mass is 19.1. The molecule has 2 aromatic carbocycles. The van der Waals surface area contributed by atoms with Crippen LogP contribution in [0.2, 0.25) is 0 Å². The second kappa shape index (κ2) is 5.63. The number of anilines is 1. The average molecular weight is 272 g/mol. The maximum absolute atomic E-state index is 14.2. The van der Waals surface area contributed by atoms with Crippen LogP contribution in [0.4, 0.5) is 10.1 Å². The third kappa shape index (κ3) is 2.83. The van der Waals surface area contributed by atoms with E-state index in [1.165, 1.54) is 6.07 Å². The summed E-state index contributed by atoms with van der Waals surface area (Å²) in [6.07, 6.45) is 0. The van der Waals surface area contributed by atoms with Gasteiger partial charge in [-0.25, -0.2) is 4.39 Å². The van der Waals surface area contributed by atoms with Crippen LogP contribution in [0.1, 0.15) is 28.3 Å². The molecule has 2 N–H and O–H groups in total. The predicted molar refractivity (Wildman–Crippen MR) is 82.7 cm³/mol. The fraction of sp³-hybridized carbons (Fsp3) is 0.294. The Morgan fingerprint density at radius 2 is 1.65 bits per heavy atom. The van der Waals surface area contributed by atoms with Crippen molar-refractivity contribution in [3.63, 3.8) is 0 Å². The second-order valence-corrected chi connectivity index (χ2v) is 5.44. The van der Waals surface area contributed by atoms with E-state index in [1.54, 1.807) is 0 Å². The first-order chi connectivity index (χ1) is 9.40. The molecule has 106 valence electrons. The largest absolute Gasteiger partial charge is 0.378 e. The van der Waals surface area contributed by atoms with Crippen LogP contribution in [0, 0.1) is 19.7 Å². The lowest BCUT2D eigenvalue weighted by atomic mass is 9.94. The zero-order valence-electron chi connectivity index (χ0n) is 12.4. The zero-order chi connectivity index (χ0) is 14.9. The van der Waals surface area contributed by atoms with Crippen LogP contribution in [0.15, 0.2) is 36.4 Å². The molecule has 0 saturated carbocycles. The van der Waals surface area contributed by atoms with Crippen molar-refractivity contribution in [3.05, 3.63) is 64.5 Å². The number of halogens is 1. The van der Waals surface area contributed by atoms with E-state index in [2.05, 4.69) is 0 Å². The Balaban J connectivity index is 2.38. The Labute approximate surface area is 120 Å². The quantitative estimate of drug-likeness (QED) is 0.925. The van der Waals surface area contributed by atoms with Crippen LogP contribution >= 0.6 is 0 Å². The van der Waals surface area contributed by atoms with Crippen LogP contribution in [0.5, 0.6) is 0 Å². The van der Waals surface area contributed by atoms with E-state index in [0.29, 0.717) is 5.56 Å². The van der Waals surface area contributed by atoms with Gasteiger partial charge in [0.2, 0.25) is 0 Å². The highest BCUT2D eigenvalue weighted by Crippen LogP contribution is 2.27.